The monoisotopic (exact) mass is 392 g/mol. The largest absolute Gasteiger partial charge is 0.454 e. The summed E-state index contributed by atoms with van der Waals surface area (Å²) in [5.74, 6) is 1.58. The number of hydrogen-bond acceptors (Lipinski definition) is 4. The summed E-state index contributed by atoms with van der Waals surface area (Å²) in [6.45, 7) is 4.08. The number of benzene rings is 2. The first kappa shape index (κ1) is 19.1. The van der Waals surface area contributed by atoms with E-state index in [-0.39, 0.29) is 18.6 Å². The smallest absolute Gasteiger partial charge is 0.246 e. The lowest BCUT2D eigenvalue weighted by Gasteiger charge is -2.19. The standard InChI is InChI=1S/C23H24N2O4/c1-2-24(15-18-7-11-20-21(14-18)29-16-28-20)22(26)12-8-17-5-9-19(10-6-17)25-13-3-4-23(25)27/h5-12,14H,2-4,13,15-16H2,1H3/b12-8+. The summed E-state index contributed by atoms with van der Waals surface area (Å²) in [4.78, 5) is 28.1. The molecule has 0 bridgehead atoms. The van der Waals surface area contributed by atoms with Crippen LogP contribution in [-0.4, -0.2) is 36.6 Å². The zero-order valence-corrected chi connectivity index (χ0v) is 16.5. The molecule has 1 fully saturated rings. The molecule has 1 saturated heterocycles. The second-order valence-electron chi connectivity index (χ2n) is 7.11. The molecule has 0 unspecified atom stereocenters. The van der Waals surface area contributed by atoms with E-state index in [1.54, 1.807) is 17.1 Å². The minimum Gasteiger partial charge on any atom is -0.454 e. The van der Waals surface area contributed by atoms with Crippen LogP contribution < -0.4 is 14.4 Å². The highest BCUT2D eigenvalue weighted by Gasteiger charge is 2.21. The molecule has 0 atom stereocenters. The maximum Gasteiger partial charge on any atom is 0.246 e. The van der Waals surface area contributed by atoms with Crippen molar-refractivity contribution in [1.82, 2.24) is 4.90 Å². The van der Waals surface area contributed by atoms with Gasteiger partial charge in [-0.05, 0) is 54.8 Å². The van der Waals surface area contributed by atoms with Crippen LogP contribution in [0.2, 0.25) is 0 Å². The first-order chi connectivity index (χ1) is 14.1. The summed E-state index contributed by atoms with van der Waals surface area (Å²) in [7, 11) is 0. The molecule has 6 nitrogen and oxygen atoms in total. The summed E-state index contributed by atoms with van der Waals surface area (Å²) in [6, 6.07) is 13.5. The Morgan fingerprint density at radius 1 is 1.14 bits per heavy atom. The van der Waals surface area contributed by atoms with E-state index in [2.05, 4.69) is 0 Å². The Morgan fingerprint density at radius 3 is 2.66 bits per heavy atom. The average molecular weight is 392 g/mol. The molecular formula is C23H24N2O4. The lowest BCUT2D eigenvalue weighted by molar-refractivity contribution is -0.126. The molecule has 0 N–H and O–H groups in total. The predicted molar refractivity (Wildman–Crippen MR) is 111 cm³/mol. The Bertz CT molecular complexity index is 936. The van der Waals surface area contributed by atoms with E-state index in [1.807, 2.05) is 54.3 Å². The minimum absolute atomic E-state index is 0.0519. The van der Waals surface area contributed by atoms with Gasteiger partial charge in [0.1, 0.15) is 0 Å². The van der Waals surface area contributed by atoms with Gasteiger partial charge in [-0.3, -0.25) is 9.59 Å². The lowest BCUT2D eigenvalue weighted by atomic mass is 10.1. The van der Waals surface area contributed by atoms with Crippen molar-refractivity contribution in [3.05, 3.63) is 59.7 Å². The van der Waals surface area contributed by atoms with Crippen LogP contribution in [0.5, 0.6) is 11.5 Å². The van der Waals surface area contributed by atoms with Gasteiger partial charge in [0.05, 0.1) is 0 Å². The third kappa shape index (κ3) is 4.26. The van der Waals surface area contributed by atoms with Gasteiger partial charge >= 0.3 is 0 Å². The molecular weight excluding hydrogens is 368 g/mol. The second kappa shape index (κ2) is 8.39. The summed E-state index contributed by atoms with van der Waals surface area (Å²) in [5.41, 5.74) is 2.83. The maximum absolute atomic E-state index is 12.6. The van der Waals surface area contributed by atoms with E-state index >= 15 is 0 Å². The van der Waals surface area contributed by atoms with Gasteiger partial charge in [0.2, 0.25) is 18.6 Å². The van der Waals surface area contributed by atoms with Crippen LogP contribution in [0.15, 0.2) is 48.5 Å². The first-order valence-corrected chi connectivity index (χ1v) is 9.90. The summed E-state index contributed by atoms with van der Waals surface area (Å²) >= 11 is 0. The number of carbonyl (C=O) groups is 2. The number of anilines is 1. The number of nitrogens with zero attached hydrogens (tertiary/aromatic N) is 2. The highest BCUT2D eigenvalue weighted by molar-refractivity contribution is 5.95. The van der Waals surface area contributed by atoms with Gasteiger partial charge in [0, 0.05) is 37.8 Å². The molecule has 2 aromatic carbocycles. The number of carbonyl (C=O) groups excluding carboxylic acids is 2. The number of rotatable bonds is 6. The van der Waals surface area contributed by atoms with Gasteiger partial charge in [0.15, 0.2) is 11.5 Å². The highest BCUT2D eigenvalue weighted by Crippen LogP contribution is 2.32. The van der Waals surface area contributed by atoms with Gasteiger partial charge in [-0.1, -0.05) is 18.2 Å². The van der Waals surface area contributed by atoms with Crippen molar-refractivity contribution in [2.45, 2.75) is 26.3 Å². The molecule has 2 aliphatic rings. The predicted octanol–water partition coefficient (Wildman–Crippen LogP) is 3.60. The van der Waals surface area contributed by atoms with E-state index in [9.17, 15) is 9.59 Å². The molecule has 2 amide bonds. The van der Waals surface area contributed by atoms with Crippen LogP contribution >= 0.6 is 0 Å². The zero-order valence-electron chi connectivity index (χ0n) is 16.5. The molecule has 0 spiro atoms. The van der Waals surface area contributed by atoms with Gasteiger partial charge in [-0.25, -0.2) is 0 Å². The number of hydrogen-bond donors (Lipinski definition) is 0. The quantitative estimate of drug-likeness (QED) is 0.705. The van der Waals surface area contributed by atoms with Gasteiger partial charge < -0.3 is 19.3 Å². The molecule has 2 aromatic rings. The van der Waals surface area contributed by atoms with E-state index in [0.717, 1.165) is 41.3 Å². The van der Waals surface area contributed by atoms with E-state index in [1.165, 1.54) is 0 Å². The number of amides is 2. The Labute approximate surface area is 170 Å². The molecule has 0 aromatic heterocycles. The van der Waals surface area contributed by atoms with Crippen molar-refractivity contribution >= 4 is 23.6 Å². The van der Waals surface area contributed by atoms with Crippen molar-refractivity contribution in [3.63, 3.8) is 0 Å². The summed E-state index contributed by atoms with van der Waals surface area (Å²) in [5, 5.41) is 0. The van der Waals surface area contributed by atoms with Gasteiger partial charge in [0.25, 0.3) is 0 Å². The SMILES string of the molecule is CCN(Cc1ccc2c(c1)OCO2)C(=O)/C=C/c1ccc(N2CCCC2=O)cc1. The van der Waals surface area contributed by atoms with Gasteiger partial charge in [-0.2, -0.15) is 0 Å². The van der Waals surface area contributed by atoms with Crippen LogP contribution in [0.1, 0.15) is 30.9 Å². The fourth-order valence-electron chi connectivity index (χ4n) is 3.56. The van der Waals surface area contributed by atoms with Crippen LogP contribution in [0.25, 0.3) is 6.08 Å². The average Bonchev–Trinajstić information content (AvgIpc) is 3.39. The molecule has 0 aliphatic carbocycles. The van der Waals surface area contributed by atoms with Crippen molar-refractivity contribution in [3.8, 4) is 11.5 Å². The number of ether oxygens (including phenoxy) is 2. The molecule has 4 rings (SSSR count). The third-order valence-corrected chi connectivity index (χ3v) is 5.20. The van der Waals surface area contributed by atoms with Crippen LogP contribution in [0, 0.1) is 0 Å². The number of likely N-dealkylation sites (N-methyl/N-ethyl adjacent to an activating group) is 1. The summed E-state index contributed by atoms with van der Waals surface area (Å²) in [6.07, 6.45) is 4.92. The molecule has 29 heavy (non-hydrogen) atoms. The molecule has 2 aliphatic heterocycles. The number of fused-ring (bicyclic) bond motifs is 1. The summed E-state index contributed by atoms with van der Waals surface area (Å²) < 4.78 is 10.7. The van der Waals surface area contributed by atoms with Crippen LogP contribution in [0.3, 0.4) is 0 Å². The third-order valence-electron chi connectivity index (χ3n) is 5.20. The van der Waals surface area contributed by atoms with Gasteiger partial charge in [-0.15, -0.1) is 0 Å². The van der Waals surface area contributed by atoms with E-state index in [4.69, 9.17) is 9.47 Å². The van der Waals surface area contributed by atoms with Crippen molar-refractivity contribution in [2.75, 3.05) is 24.8 Å². The Balaban J connectivity index is 1.39. The second-order valence-corrected chi connectivity index (χ2v) is 7.11. The van der Waals surface area contributed by atoms with Crippen molar-refractivity contribution in [1.29, 1.82) is 0 Å². The lowest BCUT2D eigenvalue weighted by Crippen LogP contribution is -2.28. The van der Waals surface area contributed by atoms with Crippen molar-refractivity contribution < 1.29 is 19.1 Å². The zero-order chi connectivity index (χ0) is 20.2. The molecule has 2 heterocycles. The molecule has 0 radical (unpaired) electrons. The van der Waals surface area contributed by atoms with Crippen LogP contribution in [-0.2, 0) is 16.1 Å². The maximum atomic E-state index is 12.6. The highest BCUT2D eigenvalue weighted by atomic mass is 16.7. The Morgan fingerprint density at radius 2 is 1.93 bits per heavy atom. The Hall–Kier alpha value is -3.28. The fraction of sp³-hybridized carbons (Fsp3) is 0.304. The normalized spacial score (nSPS) is 15.3. The fourth-order valence-corrected chi connectivity index (χ4v) is 3.56. The topological polar surface area (TPSA) is 59.1 Å². The Kier molecular flexibility index (Phi) is 5.51. The van der Waals surface area contributed by atoms with E-state index < -0.39 is 0 Å². The molecule has 150 valence electrons. The minimum atomic E-state index is -0.0519. The van der Waals surface area contributed by atoms with Crippen LogP contribution in [0.4, 0.5) is 5.69 Å². The van der Waals surface area contributed by atoms with Crippen molar-refractivity contribution in [2.24, 2.45) is 0 Å². The van der Waals surface area contributed by atoms with E-state index in [0.29, 0.717) is 19.5 Å². The molecule has 0 saturated carbocycles. The first-order valence-electron chi connectivity index (χ1n) is 9.90. The molecule has 6 heteroatoms.